The third-order valence-electron chi connectivity index (χ3n) is 15.5. The summed E-state index contributed by atoms with van der Waals surface area (Å²) >= 11 is 0. The van der Waals surface area contributed by atoms with Crippen molar-refractivity contribution in [1.82, 2.24) is 9.80 Å². The molecule has 0 spiro atoms. The van der Waals surface area contributed by atoms with E-state index in [-0.39, 0.29) is 71.0 Å². The van der Waals surface area contributed by atoms with Crippen LogP contribution in [0.5, 0.6) is 0 Å². The van der Waals surface area contributed by atoms with Gasteiger partial charge in [0.2, 0.25) is 23.6 Å². The van der Waals surface area contributed by atoms with Crippen LogP contribution in [0.1, 0.15) is 169 Å². The lowest BCUT2D eigenvalue weighted by molar-refractivity contribution is -0.191. The lowest BCUT2D eigenvalue weighted by Crippen LogP contribution is -2.74. The molecule has 8 aliphatic carbocycles. The van der Waals surface area contributed by atoms with Crippen LogP contribution in [-0.4, -0.2) is 44.5 Å². The summed E-state index contributed by atoms with van der Waals surface area (Å²) < 4.78 is 0. The van der Waals surface area contributed by atoms with Gasteiger partial charge >= 0.3 is 0 Å². The monoisotopic (exact) mass is 663 g/mol. The molecule has 0 N–H and O–H groups in total. The Morgan fingerprint density at radius 3 is 0.917 bits per heavy atom. The number of amides is 4. The van der Waals surface area contributed by atoms with E-state index in [1.165, 1.54) is 0 Å². The number of rotatable bonds is 6. The van der Waals surface area contributed by atoms with Crippen LogP contribution >= 0.6 is 0 Å². The van der Waals surface area contributed by atoms with Gasteiger partial charge in [0.1, 0.15) is 0 Å². The number of carbonyl (C=O) groups is 4. The van der Waals surface area contributed by atoms with Gasteiger partial charge in [0, 0.05) is 23.7 Å². The van der Waals surface area contributed by atoms with Gasteiger partial charge in [-0.05, 0) is 125 Å². The van der Waals surface area contributed by atoms with E-state index in [4.69, 9.17) is 0 Å². The first-order valence-corrected chi connectivity index (χ1v) is 20.8. The number of carbonyl (C=O) groups excluding carboxylic acids is 4. The summed E-state index contributed by atoms with van der Waals surface area (Å²) in [4.78, 5) is 64.2. The summed E-state index contributed by atoms with van der Waals surface area (Å²) in [7, 11) is 0. The molecule has 8 rings (SSSR count). The minimum absolute atomic E-state index is 0.0908. The number of hydrogen-bond acceptors (Lipinski definition) is 4. The molecule has 4 bridgehead atoms. The average Bonchev–Trinajstić information content (AvgIpc) is 3.04. The first-order chi connectivity index (χ1) is 23.0. The van der Waals surface area contributed by atoms with Crippen molar-refractivity contribution < 1.29 is 19.2 Å². The van der Waals surface area contributed by atoms with E-state index >= 15 is 19.2 Å². The number of nitrogens with zero attached hydrogens (tertiary/aromatic N) is 2. The van der Waals surface area contributed by atoms with E-state index in [0.29, 0.717) is 18.3 Å². The molecule has 6 heteroatoms. The molecule has 48 heavy (non-hydrogen) atoms. The summed E-state index contributed by atoms with van der Waals surface area (Å²) in [6.45, 7) is 8.91. The fourth-order valence-corrected chi connectivity index (χ4v) is 13.2. The lowest BCUT2D eigenvalue weighted by atomic mass is 9.48. The predicted molar refractivity (Wildman–Crippen MR) is 188 cm³/mol. The van der Waals surface area contributed by atoms with Crippen LogP contribution in [0.2, 0.25) is 0 Å². The minimum atomic E-state index is -0.582. The molecule has 0 aromatic rings. The van der Waals surface area contributed by atoms with Gasteiger partial charge in [-0.2, -0.15) is 0 Å². The van der Waals surface area contributed by atoms with Crippen LogP contribution in [0.3, 0.4) is 0 Å². The highest BCUT2D eigenvalue weighted by atomic mass is 16.2. The highest BCUT2D eigenvalue weighted by molar-refractivity contribution is 6.00. The van der Waals surface area contributed by atoms with E-state index in [9.17, 15) is 0 Å². The molecule has 268 valence electrons. The van der Waals surface area contributed by atoms with Crippen molar-refractivity contribution in [1.29, 1.82) is 0 Å². The Bertz CT molecular complexity index is 1070. The Hall–Kier alpha value is -1.72. The molecule has 8 atom stereocenters. The smallest absolute Gasteiger partial charge is 0.233 e. The van der Waals surface area contributed by atoms with Gasteiger partial charge in [-0.1, -0.05) is 79.1 Å². The molecule has 8 aliphatic rings. The summed E-state index contributed by atoms with van der Waals surface area (Å²) in [5.41, 5.74) is -1.16. The molecule has 6 nitrogen and oxygen atoms in total. The van der Waals surface area contributed by atoms with Crippen molar-refractivity contribution in [3.05, 3.63) is 0 Å². The summed E-state index contributed by atoms with van der Waals surface area (Å²) in [6.07, 6.45) is 21.8. The first kappa shape index (κ1) is 34.7. The molecule has 0 radical (unpaired) electrons. The number of imide groups is 2. The average molecular weight is 663 g/mol. The van der Waals surface area contributed by atoms with E-state index in [0.717, 1.165) is 135 Å². The quantitative estimate of drug-likeness (QED) is 0.266. The third-order valence-corrected chi connectivity index (χ3v) is 15.5. The minimum Gasteiger partial charge on any atom is -0.276 e. The molecule has 8 saturated carbocycles. The maximum absolute atomic E-state index is 15.1. The first-order valence-electron chi connectivity index (χ1n) is 20.8. The zero-order valence-corrected chi connectivity index (χ0v) is 30.9. The van der Waals surface area contributed by atoms with Gasteiger partial charge in [0.05, 0.1) is 11.1 Å². The second kappa shape index (κ2) is 13.8. The van der Waals surface area contributed by atoms with Crippen LogP contribution < -0.4 is 0 Å². The van der Waals surface area contributed by atoms with Crippen molar-refractivity contribution in [3.8, 4) is 0 Å². The highest BCUT2D eigenvalue weighted by Gasteiger charge is 2.66. The van der Waals surface area contributed by atoms with Gasteiger partial charge in [0.25, 0.3) is 0 Å². The van der Waals surface area contributed by atoms with Crippen LogP contribution in [0.25, 0.3) is 0 Å². The van der Waals surface area contributed by atoms with E-state index in [1.807, 2.05) is 9.80 Å². The lowest BCUT2D eigenvalue weighted by Gasteiger charge is -2.67. The van der Waals surface area contributed by atoms with Gasteiger partial charge in [-0.3, -0.25) is 29.0 Å². The van der Waals surface area contributed by atoms with Crippen LogP contribution in [-0.2, 0) is 19.2 Å². The maximum Gasteiger partial charge on any atom is 0.233 e. The molecule has 0 aromatic heterocycles. The van der Waals surface area contributed by atoms with Crippen molar-refractivity contribution in [2.24, 2.45) is 59.2 Å². The Balaban J connectivity index is 1.30. The number of hydrogen-bond donors (Lipinski definition) is 0. The zero-order chi connectivity index (χ0) is 33.8. The van der Waals surface area contributed by atoms with Gasteiger partial charge < -0.3 is 0 Å². The molecule has 0 saturated heterocycles. The zero-order valence-electron chi connectivity index (χ0n) is 30.9. The van der Waals surface area contributed by atoms with Crippen molar-refractivity contribution in [2.75, 3.05) is 0 Å². The van der Waals surface area contributed by atoms with Crippen molar-refractivity contribution in [2.45, 2.75) is 180 Å². The second-order valence-corrected chi connectivity index (χ2v) is 18.9. The van der Waals surface area contributed by atoms with Crippen LogP contribution in [0.4, 0.5) is 0 Å². The van der Waals surface area contributed by atoms with Crippen LogP contribution in [0.15, 0.2) is 0 Å². The molecule has 0 heterocycles. The van der Waals surface area contributed by atoms with Crippen molar-refractivity contribution in [3.63, 3.8) is 0 Å². The van der Waals surface area contributed by atoms with Crippen molar-refractivity contribution >= 4 is 23.6 Å². The van der Waals surface area contributed by atoms with Gasteiger partial charge in [-0.15, -0.1) is 0 Å². The highest BCUT2D eigenvalue weighted by Crippen LogP contribution is 2.63. The fraction of sp³-hybridized carbons (Fsp3) is 0.905. The third kappa shape index (κ3) is 6.13. The topological polar surface area (TPSA) is 74.8 Å². The molecule has 0 aromatic carbocycles. The Labute approximate surface area is 291 Å². The van der Waals surface area contributed by atoms with E-state index in [2.05, 4.69) is 27.7 Å². The molecule has 8 fully saturated rings. The Kier molecular flexibility index (Phi) is 9.96. The largest absolute Gasteiger partial charge is 0.276 e. The van der Waals surface area contributed by atoms with E-state index in [1.54, 1.807) is 0 Å². The predicted octanol–water partition coefficient (Wildman–Crippen LogP) is 9.09. The Morgan fingerprint density at radius 1 is 0.417 bits per heavy atom. The fourth-order valence-electron chi connectivity index (χ4n) is 13.2. The SMILES string of the molecule is CC1CCCCC1C(=O)N(C(=O)C1CCCCC1C)C12CC3CC(C1)CC(N(C(=O)C1CCCCC1C)C(=O)C1CCCCC1C)(C3)C2. The standard InChI is InChI=1S/C42H66N2O4/c1-27-13-5-9-17-33(27)37(45)43(38(46)34-18-10-6-14-28(34)2)41-22-31-21-32(23-41)25-42(24-31,26-41)44(39(47)35-19-11-7-15-29(35)3)40(48)36-20-12-8-16-30(36)4/h27-36H,5-26H2,1-4H3. The van der Waals surface area contributed by atoms with Gasteiger partial charge in [-0.25, -0.2) is 0 Å². The summed E-state index contributed by atoms with van der Waals surface area (Å²) in [6, 6.07) is 0. The van der Waals surface area contributed by atoms with Crippen LogP contribution in [0, 0.1) is 59.2 Å². The normalized spacial score (nSPS) is 44.2. The molecule has 0 aliphatic heterocycles. The molecule has 8 unspecified atom stereocenters. The summed E-state index contributed by atoms with van der Waals surface area (Å²) in [5, 5.41) is 0. The second-order valence-electron chi connectivity index (χ2n) is 18.9. The molecular formula is C42H66N2O4. The van der Waals surface area contributed by atoms with Gasteiger partial charge in [0.15, 0.2) is 0 Å². The van der Waals surface area contributed by atoms with E-state index < -0.39 is 11.1 Å². The molecular weight excluding hydrogens is 596 g/mol. The molecule has 4 amide bonds. The summed E-state index contributed by atoms with van der Waals surface area (Å²) in [5.74, 6) is 1.79. The maximum atomic E-state index is 15.1. The Morgan fingerprint density at radius 2 is 0.667 bits per heavy atom.